The zero-order chi connectivity index (χ0) is 36.0. The van der Waals surface area contributed by atoms with E-state index in [0.717, 1.165) is 6.92 Å². The Hall–Kier alpha value is -2.58. The molecule has 1 fully saturated rings. The smallest absolute Gasteiger partial charge is 0.342 e. The highest BCUT2D eigenvalue weighted by Crippen LogP contribution is 2.49. The van der Waals surface area contributed by atoms with Gasteiger partial charge in [-0.25, -0.2) is 4.79 Å². The van der Waals surface area contributed by atoms with Crippen LogP contribution in [0, 0.1) is 11.8 Å². The van der Waals surface area contributed by atoms with Gasteiger partial charge in [0.15, 0.2) is 0 Å². The van der Waals surface area contributed by atoms with Crippen LogP contribution in [0.4, 0.5) is 0 Å². The molecule has 6 unspecified atom stereocenters. The van der Waals surface area contributed by atoms with Crippen molar-refractivity contribution in [3.05, 3.63) is 33.9 Å². The molecule has 1 saturated heterocycles. The summed E-state index contributed by atoms with van der Waals surface area (Å²) in [6.07, 6.45) is -3.20. The number of hydrogen-bond acceptors (Lipinski definition) is 8. The number of allylic oxidation sites excluding steroid dienone is 2. The van der Waals surface area contributed by atoms with Gasteiger partial charge in [-0.05, 0) is 46.4 Å². The lowest BCUT2D eigenvalue weighted by atomic mass is 9.84. The van der Waals surface area contributed by atoms with E-state index in [9.17, 15) is 15.1 Å². The highest BCUT2D eigenvalue weighted by Gasteiger charge is 2.39. The summed E-state index contributed by atoms with van der Waals surface area (Å²) in [7, 11) is 2.70. The number of ether oxygens (including phenoxy) is 5. The van der Waals surface area contributed by atoms with Gasteiger partial charge in [-0.15, -0.1) is 0 Å². The molecule has 6 atom stereocenters. The van der Waals surface area contributed by atoms with E-state index in [1.807, 2.05) is 27.7 Å². The predicted molar refractivity (Wildman–Crippen MR) is 160 cm³/mol. The van der Waals surface area contributed by atoms with Gasteiger partial charge in [0.2, 0.25) is 0 Å². The van der Waals surface area contributed by atoms with Crippen LogP contribution in [0.2, 0.25) is 0 Å². The zero-order valence-electron chi connectivity index (χ0n) is 32.4. The fourth-order valence-electron chi connectivity index (χ4n) is 5.87. The molecule has 3 rings (SSSR count). The Labute approximate surface area is 255 Å². The molecular weight excluding hydrogens is 522 g/mol. The fraction of sp³-hybridized carbons (Fsp3) is 0.697. The van der Waals surface area contributed by atoms with Gasteiger partial charge in [-0.2, -0.15) is 0 Å². The summed E-state index contributed by atoms with van der Waals surface area (Å²) in [5.74, 6) is -8.40. The first-order valence-corrected chi connectivity index (χ1v) is 14.3. The molecule has 41 heavy (non-hydrogen) atoms. The third-order valence-electron chi connectivity index (χ3n) is 7.71. The summed E-state index contributed by atoms with van der Waals surface area (Å²) in [6, 6.07) is -0.808. The lowest BCUT2D eigenvalue weighted by Gasteiger charge is -2.42. The predicted octanol–water partition coefficient (Wildman–Crippen LogP) is 6.25. The average Bonchev–Trinajstić information content (AvgIpc) is 3.26. The van der Waals surface area contributed by atoms with Crippen molar-refractivity contribution in [1.82, 2.24) is 4.90 Å². The molecule has 0 saturated carbocycles. The van der Waals surface area contributed by atoms with Crippen molar-refractivity contribution in [2.24, 2.45) is 11.8 Å². The molecule has 2 aliphatic heterocycles. The Kier molecular flexibility index (Phi) is 8.56. The van der Waals surface area contributed by atoms with Gasteiger partial charge in [0.25, 0.3) is 0 Å². The van der Waals surface area contributed by atoms with Crippen molar-refractivity contribution in [3.8, 4) is 11.5 Å². The Bertz CT molecular complexity index is 1390. The molecule has 2 heterocycles. The largest absolute Gasteiger partial charge is 0.496 e. The number of cyclic esters (lactones) is 1. The molecule has 2 aliphatic rings. The van der Waals surface area contributed by atoms with Gasteiger partial charge in [-0.3, -0.25) is 9.69 Å². The molecule has 230 valence electrons. The number of carbonyl (C=O) groups excluding carboxylic acids is 2. The van der Waals surface area contributed by atoms with Crippen molar-refractivity contribution < 1.29 is 41.5 Å². The quantitative estimate of drug-likeness (QED) is 0.212. The molecule has 0 amide bonds. The summed E-state index contributed by atoms with van der Waals surface area (Å²) < 4.78 is 83.4. The van der Waals surface area contributed by atoms with Crippen LogP contribution in [0.15, 0.2) is 11.6 Å². The molecule has 8 heteroatoms. The SMILES string of the molecule is [2H]/C(=C(/C([2H])(C)C)C([2H])([2H])C([2H])(C)C(=O)OCC(C)N1C(C)COCC1C)C([2H])(C)c1c(OC)c(CC)c2c(c1OC)C(=O)OC2C. The Balaban J connectivity index is 2.17. The lowest BCUT2D eigenvalue weighted by Crippen LogP contribution is -2.54. The van der Waals surface area contributed by atoms with Gasteiger partial charge in [-0.1, -0.05) is 46.2 Å². The summed E-state index contributed by atoms with van der Waals surface area (Å²) in [5, 5.41) is 0. The Morgan fingerprint density at radius 2 is 1.73 bits per heavy atom. The second-order valence-electron chi connectivity index (χ2n) is 11.1. The first-order chi connectivity index (χ1) is 21.5. The zero-order valence-corrected chi connectivity index (χ0v) is 26.4. The molecule has 1 aromatic rings. The van der Waals surface area contributed by atoms with Crippen LogP contribution in [0.5, 0.6) is 11.5 Å². The number of methoxy groups -OCH3 is 2. The van der Waals surface area contributed by atoms with Gasteiger partial charge < -0.3 is 23.7 Å². The van der Waals surface area contributed by atoms with Crippen molar-refractivity contribution in [1.29, 1.82) is 0 Å². The number of carbonyl (C=O) groups is 2. The van der Waals surface area contributed by atoms with Gasteiger partial charge in [0, 0.05) is 47.6 Å². The topological polar surface area (TPSA) is 83.5 Å². The van der Waals surface area contributed by atoms with Crippen molar-refractivity contribution in [3.63, 3.8) is 0 Å². The van der Waals surface area contributed by atoms with E-state index >= 15 is 0 Å². The monoisotopic (exact) mass is 579 g/mol. The number of esters is 2. The number of nitrogens with zero attached hydrogens (tertiary/aromatic N) is 1. The number of benzene rings is 1. The van der Waals surface area contributed by atoms with Crippen LogP contribution in [0.3, 0.4) is 0 Å². The normalized spacial score (nSPS) is 28.1. The average molecular weight is 580 g/mol. The molecule has 0 radical (unpaired) electrons. The van der Waals surface area contributed by atoms with Crippen LogP contribution in [-0.4, -0.2) is 69.0 Å². The van der Waals surface area contributed by atoms with Crippen LogP contribution >= 0.6 is 0 Å². The van der Waals surface area contributed by atoms with Gasteiger partial charge in [0.05, 0.1) is 34.7 Å². The minimum Gasteiger partial charge on any atom is -0.496 e. The molecule has 0 bridgehead atoms. The minimum absolute atomic E-state index is 0.0245. The van der Waals surface area contributed by atoms with Crippen molar-refractivity contribution >= 4 is 11.9 Å². The maximum Gasteiger partial charge on any atom is 0.342 e. The van der Waals surface area contributed by atoms with E-state index < -0.39 is 53.7 Å². The van der Waals surface area contributed by atoms with Crippen LogP contribution < -0.4 is 9.47 Å². The molecular formula is C33H51NO7. The highest BCUT2D eigenvalue weighted by atomic mass is 16.6. The number of morpholine rings is 1. The summed E-state index contributed by atoms with van der Waals surface area (Å²) in [6.45, 7) is 15.4. The molecule has 0 aliphatic carbocycles. The maximum absolute atomic E-state index is 13.5. The fourth-order valence-corrected chi connectivity index (χ4v) is 5.87. The summed E-state index contributed by atoms with van der Waals surface area (Å²) in [4.78, 5) is 28.7. The first kappa shape index (κ1) is 25.0. The van der Waals surface area contributed by atoms with Crippen molar-refractivity contribution in [2.75, 3.05) is 34.0 Å². The Morgan fingerprint density at radius 3 is 2.27 bits per heavy atom. The first-order valence-electron chi connectivity index (χ1n) is 17.3. The van der Waals surface area contributed by atoms with E-state index in [1.54, 1.807) is 6.92 Å². The molecule has 8 nitrogen and oxygen atoms in total. The van der Waals surface area contributed by atoms with Gasteiger partial charge in [0.1, 0.15) is 29.8 Å². The van der Waals surface area contributed by atoms with E-state index in [2.05, 4.69) is 4.90 Å². The van der Waals surface area contributed by atoms with E-state index in [0.29, 0.717) is 30.8 Å². The second kappa shape index (κ2) is 14.1. The third kappa shape index (κ3) is 6.91. The second-order valence-corrected chi connectivity index (χ2v) is 11.1. The molecule has 1 aromatic carbocycles. The number of hydrogen-bond donors (Lipinski definition) is 0. The van der Waals surface area contributed by atoms with E-state index in [1.165, 1.54) is 35.0 Å². The van der Waals surface area contributed by atoms with E-state index in [4.69, 9.17) is 26.4 Å². The standard InChI is InChI=1S/C33H51NO7/c1-12-26-28-24(9)41-33(36)29(28)31(38-11)27(30(26)37-10)19(4)13-25(18(2)3)14-20(5)32(35)40-17-23(8)34-21(6)15-39-16-22(34)7/h13,18-24H,12,14-17H2,1-11H3/b25-13-/i13D,14D2,18D,19D,20D. The molecule has 0 aromatic heterocycles. The van der Waals surface area contributed by atoms with Crippen LogP contribution in [0.25, 0.3) is 0 Å². The van der Waals surface area contributed by atoms with Crippen molar-refractivity contribution in [2.45, 2.75) is 105 Å². The van der Waals surface area contributed by atoms with Crippen LogP contribution in [-0.2, 0) is 25.4 Å². The summed E-state index contributed by atoms with van der Waals surface area (Å²) in [5.41, 5.74) is 0.627. The Morgan fingerprint density at radius 1 is 1.12 bits per heavy atom. The number of fused-ring (bicyclic) bond motifs is 1. The minimum atomic E-state index is -2.96. The number of rotatable bonds is 12. The summed E-state index contributed by atoms with van der Waals surface area (Å²) >= 11 is 0. The highest BCUT2D eigenvalue weighted by molar-refractivity contribution is 5.99. The molecule has 0 N–H and O–H groups in total. The maximum atomic E-state index is 13.5. The third-order valence-corrected chi connectivity index (χ3v) is 7.71. The molecule has 0 spiro atoms. The van der Waals surface area contributed by atoms with Gasteiger partial charge >= 0.3 is 11.9 Å². The van der Waals surface area contributed by atoms with E-state index in [-0.39, 0.29) is 47.4 Å². The van der Waals surface area contributed by atoms with Crippen LogP contribution in [0.1, 0.15) is 116 Å². The lowest BCUT2D eigenvalue weighted by molar-refractivity contribution is -0.151.